The molecular weight excluding hydrogens is 341 g/mol. The summed E-state index contributed by atoms with van der Waals surface area (Å²) < 4.78 is 19.2. The van der Waals surface area contributed by atoms with Crippen molar-refractivity contribution in [3.05, 3.63) is 29.6 Å². The Labute approximate surface area is 152 Å². The maximum atomic E-state index is 14.1. The molecule has 7 nitrogen and oxygen atoms in total. The van der Waals surface area contributed by atoms with Gasteiger partial charge in [-0.15, -0.1) is 0 Å². The molecular formula is C18H26FN3O4. The minimum absolute atomic E-state index is 0.0380. The highest BCUT2D eigenvalue weighted by Crippen LogP contribution is 2.26. The first-order valence-corrected chi connectivity index (χ1v) is 8.52. The van der Waals surface area contributed by atoms with E-state index in [1.165, 1.54) is 31.2 Å². The number of ether oxygens (including phenoxy) is 1. The molecule has 1 aliphatic rings. The van der Waals surface area contributed by atoms with Crippen molar-refractivity contribution in [2.75, 3.05) is 40.8 Å². The molecule has 1 aromatic rings. The summed E-state index contributed by atoms with van der Waals surface area (Å²) in [5, 5.41) is 13.3. The van der Waals surface area contributed by atoms with E-state index in [9.17, 15) is 19.1 Å². The van der Waals surface area contributed by atoms with E-state index in [2.05, 4.69) is 5.32 Å². The van der Waals surface area contributed by atoms with Crippen molar-refractivity contribution in [1.82, 2.24) is 15.1 Å². The van der Waals surface area contributed by atoms with Crippen molar-refractivity contribution in [2.45, 2.75) is 25.0 Å². The lowest BCUT2D eigenvalue weighted by molar-refractivity contribution is -0.160. The van der Waals surface area contributed by atoms with E-state index in [1.807, 2.05) is 0 Å². The number of hydrogen-bond donors (Lipinski definition) is 2. The van der Waals surface area contributed by atoms with Crippen LogP contribution in [0.4, 0.5) is 4.39 Å². The number of benzene rings is 1. The fourth-order valence-corrected chi connectivity index (χ4v) is 3.19. The highest BCUT2D eigenvalue weighted by Gasteiger charge is 2.43. The number of methoxy groups -OCH3 is 1. The minimum atomic E-state index is -1.59. The molecule has 1 fully saturated rings. The van der Waals surface area contributed by atoms with Crippen LogP contribution in [-0.4, -0.2) is 73.2 Å². The number of amides is 2. The van der Waals surface area contributed by atoms with Gasteiger partial charge in [0.1, 0.15) is 11.6 Å². The highest BCUT2D eigenvalue weighted by atomic mass is 19.1. The Kier molecular flexibility index (Phi) is 6.55. The topological polar surface area (TPSA) is 82.1 Å². The number of nitrogens with one attached hydrogen (secondary N) is 1. The SMILES string of the molecule is CNC(=O)CN(C)C[C@]1(O)CCCN(Cc2cc(OC)ccc2F)C1=O. The number of nitrogens with zero attached hydrogens (tertiary/aromatic N) is 2. The van der Waals surface area contributed by atoms with Crippen LogP contribution in [-0.2, 0) is 16.1 Å². The second-order valence-corrected chi connectivity index (χ2v) is 6.66. The van der Waals surface area contributed by atoms with Crippen LogP contribution in [0.5, 0.6) is 5.75 Å². The maximum Gasteiger partial charge on any atom is 0.256 e. The van der Waals surface area contributed by atoms with E-state index >= 15 is 0 Å². The van der Waals surface area contributed by atoms with Gasteiger partial charge in [-0.25, -0.2) is 4.39 Å². The molecule has 0 aliphatic carbocycles. The number of halogens is 1. The molecule has 1 aromatic carbocycles. The number of piperidine rings is 1. The second kappa shape index (κ2) is 8.46. The van der Waals surface area contributed by atoms with E-state index < -0.39 is 17.3 Å². The van der Waals surface area contributed by atoms with Gasteiger partial charge < -0.3 is 20.1 Å². The summed E-state index contributed by atoms with van der Waals surface area (Å²) in [7, 11) is 4.69. The molecule has 26 heavy (non-hydrogen) atoms. The van der Waals surface area contributed by atoms with E-state index in [-0.39, 0.29) is 25.5 Å². The van der Waals surface area contributed by atoms with Gasteiger partial charge in [-0.1, -0.05) is 0 Å². The van der Waals surface area contributed by atoms with Gasteiger partial charge in [0, 0.05) is 32.2 Å². The highest BCUT2D eigenvalue weighted by molar-refractivity contribution is 5.86. The fourth-order valence-electron chi connectivity index (χ4n) is 3.19. The van der Waals surface area contributed by atoms with Crippen molar-refractivity contribution in [3.8, 4) is 5.75 Å². The summed E-state index contributed by atoms with van der Waals surface area (Å²) in [6.07, 6.45) is 0.905. The predicted octanol–water partition coefficient (Wildman–Crippen LogP) is 0.366. The van der Waals surface area contributed by atoms with Crippen molar-refractivity contribution >= 4 is 11.8 Å². The third kappa shape index (κ3) is 4.70. The molecule has 0 bridgehead atoms. The molecule has 1 saturated heterocycles. The lowest BCUT2D eigenvalue weighted by Gasteiger charge is -2.40. The van der Waals surface area contributed by atoms with E-state index in [4.69, 9.17) is 4.74 Å². The summed E-state index contributed by atoms with van der Waals surface area (Å²) in [6, 6.07) is 4.36. The minimum Gasteiger partial charge on any atom is -0.497 e. The molecule has 0 unspecified atom stereocenters. The molecule has 1 heterocycles. The van der Waals surface area contributed by atoms with Gasteiger partial charge in [-0.05, 0) is 38.1 Å². The first-order chi connectivity index (χ1) is 12.3. The molecule has 1 atom stereocenters. The Morgan fingerprint density at radius 1 is 1.50 bits per heavy atom. The zero-order valence-electron chi connectivity index (χ0n) is 15.4. The fraction of sp³-hybridized carbons (Fsp3) is 0.556. The van der Waals surface area contributed by atoms with Crippen molar-refractivity contribution in [1.29, 1.82) is 0 Å². The van der Waals surface area contributed by atoms with Crippen molar-refractivity contribution < 1.29 is 23.8 Å². The standard InChI is InChI=1S/C18H26FN3O4/c1-20-16(23)11-21(2)12-18(25)7-4-8-22(17(18)24)10-13-9-14(26-3)5-6-15(13)19/h5-6,9,25H,4,7-8,10-12H2,1-3H3,(H,20,23)/t18-/m1/s1. The van der Waals surface area contributed by atoms with Crippen molar-refractivity contribution in [3.63, 3.8) is 0 Å². The normalized spacial score (nSPS) is 20.4. The smallest absolute Gasteiger partial charge is 0.256 e. The number of hydrogen-bond acceptors (Lipinski definition) is 5. The van der Waals surface area contributed by atoms with E-state index in [0.717, 1.165) is 0 Å². The van der Waals surface area contributed by atoms with Crippen LogP contribution in [0.15, 0.2) is 18.2 Å². The molecule has 0 spiro atoms. The Hall–Kier alpha value is -2.19. The van der Waals surface area contributed by atoms with Crippen LogP contribution in [0.25, 0.3) is 0 Å². The van der Waals surface area contributed by atoms with Crippen LogP contribution < -0.4 is 10.1 Å². The lowest BCUT2D eigenvalue weighted by atomic mass is 9.90. The largest absolute Gasteiger partial charge is 0.497 e. The van der Waals surface area contributed by atoms with E-state index in [1.54, 1.807) is 18.0 Å². The monoisotopic (exact) mass is 367 g/mol. The summed E-state index contributed by atoms with van der Waals surface area (Å²) >= 11 is 0. The van der Waals surface area contributed by atoms with Crippen LogP contribution in [0.3, 0.4) is 0 Å². The van der Waals surface area contributed by atoms with Gasteiger partial charge in [0.15, 0.2) is 5.60 Å². The summed E-state index contributed by atoms with van der Waals surface area (Å²) in [5.41, 5.74) is -1.25. The number of aliphatic hydroxyl groups is 1. The van der Waals surface area contributed by atoms with Crippen LogP contribution in [0.2, 0.25) is 0 Å². The van der Waals surface area contributed by atoms with Crippen LogP contribution in [0, 0.1) is 5.82 Å². The second-order valence-electron chi connectivity index (χ2n) is 6.66. The van der Waals surface area contributed by atoms with Crippen LogP contribution >= 0.6 is 0 Å². The average molecular weight is 367 g/mol. The molecule has 0 radical (unpaired) electrons. The van der Waals surface area contributed by atoms with Gasteiger partial charge in [0.05, 0.1) is 13.7 Å². The molecule has 0 aromatic heterocycles. The van der Waals surface area contributed by atoms with Gasteiger partial charge in [0.25, 0.3) is 5.91 Å². The number of likely N-dealkylation sites (N-methyl/N-ethyl adjacent to an activating group) is 2. The van der Waals surface area contributed by atoms with Crippen LogP contribution in [0.1, 0.15) is 18.4 Å². The first-order valence-electron chi connectivity index (χ1n) is 8.52. The Bertz CT molecular complexity index is 670. The Balaban J connectivity index is 2.10. The third-order valence-electron chi connectivity index (χ3n) is 4.54. The molecule has 8 heteroatoms. The number of carbonyl (C=O) groups excluding carboxylic acids is 2. The quantitative estimate of drug-likeness (QED) is 0.728. The number of carbonyl (C=O) groups is 2. The molecule has 2 N–H and O–H groups in total. The number of rotatable bonds is 7. The first kappa shape index (κ1) is 20.1. The van der Waals surface area contributed by atoms with Gasteiger partial charge in [0.2, 0.25) is 5.91 Å². The summed E-state index contributed by atoms with van der Waals surface area (Å²) in [4.78, 5) is 27.3. The third-order valence-corrected chi connectivity index (χ3v) is 4.54. The van der Waals surface area contributed by atoms with Gasteiger partial charge >= 0.3 is 0 Å². The van der Waals surface area contributed by atoms with Gasteiger partial charge in [-0.3, -0.25) is 14.5 Å². The predicted molar refractivity (Wildman–Crippen MR) is 94.1 cm³/mol. The Morgan fingerprint density at radius 2 is 2.23 bits per heavy atom. The lowest BCUT2D eigenvalue weighted by Crippen LogP contribution is -2.58. The van der Waals surface area contributed by atoms with Gasteiger partial charge in [-0.2, -0.15) is 0 Å². The molecule has 2 rings (SSSR count). The molecule has 2 amide bonds. The molecule has 144 valence electrons. The molecule has 1 aliphatic heterocycles. The van der Waals surface area contributed by atoms with E-state index in [0.29, 0.717) is 30.7 Å². The average Bonchev–Trinajstić information content (AvgIpc) is 2.60. The van der Waals surface area contributed by atoms with Crippen molar-refractivity contribution in [2.24, 2.45) is 0 Å². The zero-order valence-corrected chi connectivity index (χ0v) is 15.4. The maximum absolute atomic E-state index is 14.1. The zero-order chi connectivity index (χ0) is 19.3. The summed E-state index contributed by atoms with van der Waals surface area (Å²) in [5.74, 6) is -0.569. The number of likely N-dealkylation sites (tertiary alicyclic amines) is 1. The Morgan fingerprint density at radius 3 is 2.88 bits per heavy atom. The molecule has 0 saturated carbocycles. The summed E-state index contributed by atoms with van der Waals surface area (Å²) in [6.45, 7) is 0.618.